The molecule has 3 rings (SSSR count). The van der Waals surface area contributed by atoms with Gasteiger partial charge in [0.2, 0.25) is 0 Å². The maximum absolute atomic E-state index is 6.21. The number of pyridine rings is 1. The average molecular weight is 321 g/mol. The van der Waals surface area contributed by atoms with E-state index in [0.717, 1.165) is 27.4 Å². The van der Waals surface area contributed by atoms with Crippen molar-refractivity contribution in [2.45, 2.75) is 31.6 Å². The molecule has 0 spiro atoms. The maximum atomic E-state index is 6.21. The molecule has 1 aliphatic rings. The van der Waals surface area contributed by atoms with Crippen molar-refractivity contribution in [3.05, 3.63) is 28.8 Å². The fourth-order valence-corrected chi connectivity index (χ4v) is 3.20. The first kappa shape index (κ1) is 12.7. The van der Waals surface area contributed by atoms with Crippen molar-refractivity contribution in [2.75, 3.05) is 5.73 Å². The third-order valence-corrected chi connectivity index (χ3v) is 4.31. The molecule has 19 heavy (non-hydrogen) atoms. The van der Waals surface area contributed by atoms with Gasteiger partial charge in [-0.1, -0.05) is 12.8 Å². The molecule has 0 unspecified atom stereocenters. The summed E-state index contributed by atoms with van der Waals surface area (Å²) in [7, 11) is 2.00. The molecule has 0 radical (unpaired) electrons. The zero-order valence-corrected chi connectivity index (χ0v) is 12.5. The molecule has 100 valence electrons. The van der Waals surface area contributed by atoms with Gasteiger partial charge in [0, 0.05) is 35.4 Å². The molecule has 0 amide bonds. The van der Waals surface area contributed by atoms with Gasteiger partial charge in [0.15, 0.2) is 0 Å². The Morgan fingerprint density at radius 1 is 1.32 bits per heavy atom. The number of aromatic nitrogens is 3. The Labute approximate surface area is 121 Å². The first-order chi connectivity index (χ1) is 9.16. The van der Waals surface area contributed by atoms with Crippen molar-refractivity contribution in [1.82, 2.24) is 14.5 Å². The SMILES string of the molecule is Cn1c(C2CCCC2)nc(-c2cncc(Br)c2)c1N. The topological polar surface area (TPSA) is 56.7 Å². The molecule has 1 fully saturated rings. The Morgan fingerprint density at radius 2 is 2.05 bits per heavy atom. The number of halogens is 1. The van der Waals surface area contributed by atoms with Crippen molar-refractivity contribution in [2.24, 2.45) is 7.05 Å². The zero-order valence-electron chi connectivity index (χ0n) is 10.9. The summed E-state index contributed by atoms with van der Waals surface area (Å²) < 4.78 is 2.98. The van der Waals surface area contributed by atoms with Gasteiger partial charge in [-0.05, 0) is 34.8 Å². The molecule has 0 aliphatic heterocycles. The summed E-state index contributed by atoms with van der Waals surface area (Å²) in [6, 6.07) is 2.00. The summed E-state index contributed by atoms with van der Waals surface area (Å²) in [5.41, 5.74) is 8.02. The minimum absolute atomic E-state index is 0.557. The highest BCUT2D eigenvalue weighted by atomic mass is 79.9. The standard InChI is InChI=1S/C14H17BrN4/c1-19-13(16)12(10-6-11(15)8-17-7-10)18-14(19)9-4-2-3-5-9/h6-9H,2-5,16H2,1H3. The van der Waals surface area contributed by atoms with Crippen molar-refractivity contribution < 1.29 is 0 Å². The summed E-state index contributed by atoms with van der Waals surface area (Å²) in [4.78, 5) is 8.97. The highest BCUT2D eigenvalue weighted by molar-refractivity contribution is 9.10. The average Bonchev–Trinajstić information content (AvgIpc) is 3.00. The van der Waals surface area contributed by atoms with E-state index in [2.05, 4.69) is 20.9 Å². The van der Waals surface area contributed by atoms with Gasteiger partial charge in [-0.2, -0.15) is 0 Å². The fourth-order valence-electron chi connectivity index (χ4n) is 2.83. The van der Waals surface area contributed by atoms with Gasteiger partial charge >= 0.3 is 0 Å². The molecule has 4 nitrogen and oxygen atoms in total. The molecule has 2 aromatic rings. The molecule has 0 atom stereocenters. The van der Waals surface area contributed by atoms with E-state index in [1.807, 2.05) is 23.9 Å². The summed E-state index contributed by atoms with van der Waals surface area (Å²) in [5.74, 6) is 2.40. The van der Waals surface area contributed by atoms with E-state index in [0.29, 0.717) is 5.92 Å². The number of nitrogens with zero attached hydrogens (tertiary/aromatic N) is 3. The molecule has 1 saturated carbocycles. The number of hydrogen-bond donors (Lipinski definition) is 1. The van der Waals surface area contributed by atoms with Gasteiger partial charge in [-0.15, -0.1) is 0 Å². The molecule has 2 heterocycles. The molecule has 5 heteroatoms. The van der Waals surface area contributed by atoms with Gasteiger partial charge in [0.05, 0.1) is 0 Å². The van der Waals surface area contributed by atoms with Crippen molar-refractivity contribution in [1.29, 1.82) is 0 Å². The first-order valence-electron chi connectivity index (χ1n) is 6.60. The van der Waals surface area contributed by atoms with E-state index in [-0.39, 0.29) is 0 Å². The van der Waals surface area contributed by atoms with Gasteiger partial charge in [0.25, 0.3) is 0 Å². The lowest BCUT2D eigenvalue weighted by molar-refractivity contribution is 0.635. The normalized spacial score (nSPS) is 16.1. The van der Waals surface area contributed by atoms with E-state index in [1.54, 1.807) is 6.20 Å². The van der Waals surface area contributed by atoms with E-state index in [1.165, 1.54) is 25.7 Å². The van der Waals surface area contributed by atoms with Gasteiger partial charge in [0.1, 0.15) is 17.3 Å². The monoisotopic (exact) mass is 320 g/mol. The van der Waals surface area contributed by atoms with Gasteiger partial charge < -0.3 is 10.3 Å². The maximum Gasteiger partial charge on any atom is 0.131 e. The minimum Gasteiger partial charge on any atom is -0.383 e. The number of anilines is 1. The number of nitrogens with two attached hydrogens (primary N) is 1. The lowest BCUT2D eigenvalue weighted by Gasteiger charge is -2.08. The van der Waals surface area contributed by atoms with Crippen LogP contribution < -0.4 is 5.73 Å². The smallest absolute Gasteiger partial charge is 0.131 e. The highest BCUT2D eigenvalue weighted by Crippen LogP contribution is 2.36. The largest absolute Gasteiger partial charge is 0.383 e. The van der Waals surface area contributed by atoms with Crippen LogP contribution in [0.25, 0.3) is 11.3 Å². The second-order valence-electron chi connectivity index (χ2n) is 5.14. The molecular formula is C14H17BrN4. The highest BCUT2D eigenvalue weighted by Gasteiger charge is 2.24. The molecule has 2 N–H and O–H groups in total. The fraction of sp³-hybridized carbons (Fsp3) is 0.429. The summed E-state index contributed by atoms with van der Waals surface area (Å²) >= 11 is 3.44. The second kappa shape index (κ2) is 4.96. The first-order valence-corrected chi connectivity index (χ1v) is 7.39. The van der Waals surface area contributed by atoms with Crippen LogP contribution in [0.2, 0.25) is 0 Å². The van der Waals surface area contributed by atoms with E-state index < -0.39 is 0 Å². The number of rotatable bonds is 2. The zero-order chi connectivity index (χ0) is 13.4. The van der Waals surface area contributed by atoms with Gasteiger partial charge in [-0.25, -0.2) is 4.98 Å². The van der Waals surface area contributed by atoms with Crippen LogP contribution in [0.15, 0.2) is 22.9 Å². The lowest BCUT2D eigenvalue weighted by Crippen LogP contribution is -2.05. The third-order valence-electron chi connectivity index (χ3n) is 3.87. The van der Waals surface area contributed by atoms with Crippen LogP contribution >= 0.6 is 15.9 Å². The Balaban J connectivity index is 2.05. The molecule has 0 aromatic carbocycles. The Bertz CT molecular complexity index is 599. The molecule has 2 aromatic heterocycles. The van der Waals surface area contributed by atoms with Crippen LogP contribution in [0.5, 0.6) is 0 Å². The molecule has 0 saturated heterocycles. The van der Waals surface area contributed by atoms with Crippen molar-refractivity contribution >= 4 is 21.7 Å². The number of nitrogen functional groups attached to an aromatic ring is 1. The van der Waals surface area contributed by atoms with Crippen LogP contribution in [0.3, 0.4) is 0 Å². The lowest BCUT2D eigenvalue weighted by atomic mass is 10.1. The second-order valence-corrected chi connectivity index (χ2v) is 6.05. The Kier molecular flexibility index (Phi) is 3.31. The number of hydrogen-bond acceptors (Lipinski definition) is 3. The molecular weight excluding hydrogens is 304 g/mol. The predicted octanol–water partition coefficient (Wildman–Crippen LogP) is 3.48. The van der Waals surface area contributed by atoms with Crippen LogP contribution in [0.1, 0.15) is 37.4 Å². The third kappa shape index (κ3) is 2.27. The Morgan fingerprint density at radius 3 is 2.74 bits per heavy atom. The summed E-state index contributed by atoms with van der Waals surface area (Å²) in [6.45, 7) is 0. The van der Waals surface area contributed by atoms with Crippen LogP contribution in [0, 0.1) is 0 Å². The van der Waals surface area contributed by atoms with Crippen LogP contribution in [0.4, 0.5) is 5.82 Å². The molecule has 1 aliphatic carbocycles. The van der Waals surface area contributed by atoms with E-state index >= 15 is 0 Å². The minimum atomic E-state index is 0.557. The van der Waals surface area contributed by atoms with Gasteiger partial charge in [-0.3, -0.25) is 4.98 Å². The van der Waals surface area contributed by atoms with E-state index in [4.69, 9.17) is 10.7 Å². The Hall–Kier alpha value is -1.36. The summed E-state index contributed by atoms with van der Waals surface area (Å²) in [6.07, 6.45) is 8.61. The number of imidazole rings is 1. The predicted molar refractivity (Wildman–Crippen MR) is 79.8 cm³/mol. The van der Waals surface area contributed by atoms with Crippen LogP contribution in [-0.2, 0) is 7.05 Å². The molecule has 0 bridgehead atoms. The van der Waals surface area contributed by atoms with Crippen molar-refractivity contribution in [3.8, 4) is 11.3 Å². The van der Waals surface area contributed by atoms with Crippen LogP contribution in [-0.4, -0.2) is 14.5 Å². The summed E-state index contributed by atoms with van der Waals surface area (Å²) in [5, 5.41) is 0. The quantitative estimate of drug-likeness (QED) is 0.921. The van der Waals surface area contributed by atoms with E-state index in [9.17, 15) is 0 Å². The van der Waals surface area contributed by atoms with Crippen molar-refractivity contribution in [3.63, 3.8) is 0 Å².